The highest BCUT2D eigenvalue weighted by molar-refractivity contribution is 5.04. The molecule has 0 unspecified atom stereocenters. The first-order valence-corrected chi connectivity index (χ1v) is 11.2. The van der Waals surface area contributed by atoms with Gasteiger partial charge in [0.1, 0.15) is 11.1 Å². The van der Waals surface area contributed by atoms with Crippen LogP contribution in [-0.2, 0) is 11.1 Å². The molecule has 0 amide bonds. The Hall–Kier alpha value is -1.13. The Morgan fingerprint density at radius 2 is 1.19 bits per heavy atom. The van der Waals surface area contributed by atoms with Gasteiger partial charge in [-0.25, -0.2) is 0 Å². The van der Waals surface area contributed by atoms with Crippen LogP contribution in [0.2, 0.25) is 0 Å². The normalized spacial score (nSPS) is 53.5. The van der Waals surface area contributed by atoms with Gasteiger partial charge in [0, 0.05) is 5.21 Å². The van der Waals surface area contributed by atoms with Gasteiger partial charge < -0.3 is 5.41 Å². The zero-order valence-corrected chi connectivity index (χ0v) is 15.7. The molecule has 0 spiro atoms. The fourth-order valence-corrected chi connectivity index (χ4v) is 9.43. The summed E-state index contributed by atoms with van der Waals surface area (Å²) >= 11 is 0. The highest BCUT2D eigenvalue weighted by atomic mass is 15.7. The maximum Gasteiger partial charge on any atom is 0.253 e. The molecule has 26 heavy (non-hydrogen) atoms. The number of nitrogens with one attached hydrogen (secondary N) is 1. The quantitative estimate of drug-likeness (QED) is 0.830. The summed E-state index contributed by atoms with van der Waals surface area (Å²) < 4.78 is 2.12. The molecule has 1 N–H and O–H groups in total. The fourth-order valence-electron chi connectivity index (χ4n) is 9.43. The minimum atomic E-state index is 0.131. The molecule has 1 aromatic heterocycles. The summed E-state index contributed by atoms with van der Waals surface area (Å²) in [7, 11) is 0. The van der Waals surface area contributed by atoms with Gasteiger partial charge in [0.2, 0.25) is 0 Å². The summed E-state index contributed by atoms with van der Waals surface area (Å²) in [5, 5.41) is 18.6. The van der Waals surface area contributed by atoms with Crippen LogP contribution >= 0.6 is 0 Å². The van der Waals surface area contributed by atoms with E-state index in [1.165, 1.54) is 77.0 Å². The van der Waals surface area contributed by atoms with Gasteiger partial charge in [-0.05, 0) is 113 Å². The van der Waals surface area contributed by atoms with Crippen molar-refractivity contribution in [1.29, 1.82) is 5.41 Å². The lowest BCUT2D eigenvalue weighted by Gasteiger charge is -2.54. The zero-order valence-electron chi connectivity index (χ0n) is 15.7. The van der Waals surface area contributed by atoms with E-state index >= 15 is 0 Å². The van der Waals surface area contributed by atoms with Crippen molar-refractivity contribution in [2.45, 2.75) is 88.1 Å². The maximum atomic E-state index is 8.71. The molecule has 8 bridgehead atoms. The second-order valence-corrected chi connectivity index (χ2v) is 11.4. The molecule has 8 aliphatic rings. The number of hydrogen-bond acceptors (Lipinski definition) is 2. The Bertz CT molecular complexity index is 746. The van der Waals surface area contributed by atoms with E-state index in [1.807, 2.05) is 0 Å². The molecule has 1 aromatic rings. The van der Waals surface area contributed by atoms with Crippen molar-refractivity contribution < 1.29 is 4.80 Å². The predicted octanol–water partition coefficient (Wildman–Crippen LogP) is 2.46. The summed E-state index contributed by atoms with van der Waals surface area (Å²) in [5.41, 5.74) is 0.729. The van der Waals surface area contributed by atoms with E-state index in [0.29, 0.717) is 5.62 Å². The summed E-state index contributed by atoms with van der Waals surface area (Å²) in [6.45, 7) is 0. The van der Waals surface area contributed by atoms with Gasteiger partial charge in [-0.2, -0.15) is 4.68 Å². The van der Waals surface area contributed by atoms with Crippen molar-refractivity contribution in [1.82, 2.24) is 15.0 Å². The van der Waals surface area contributed by atoms with Crippen LogP contribution in [0.1, 0.15) is 77.0 Å². The van der Waals surface area contributed by atoms with Crippen molar-refractivity contribution in [3.05, 3.63) is 5.62 Å². The average molecular weight is 354 g/mol. The Kier molecular flexibility index (Phi) is 2.65. The lowest BCUT2D eigenvalue weighted by molar-refractivity contribution is -0.876. The summed E-state index contributed by atoms with van der Waals surface area (Å²) in [6.07, 6.45) is 16.3. The monoisotopic (exact) mass is 353 g/mol. The first-order chi connectivity index (χ1) is 12.6. The maximum absolute atomic E-state index is 8.71. The van der Waals surface area contributed by atoms with E-state index in [4.69, 9.17) is 15.7 Å². The van der Waals surface area contributed by atoms with Gasteiger partial charge in [0.15, 0.2) is 0 Å². The highest BCUT2D eigenvalue weighted by Crippen LogP contribution is 2.59. The Morgan fingerprint density at radius 3 is 1.65 bits per heavy atom. The molecule has 8 fully saturated rings. The van der Waals surface area contributed by atoms with E-state index in [1.54, 1.807) is 0 Å². The van der Waals surface area contributed by atoms with Crippen molar-refractivity contribution in [3.63, 3.8) is 0 Å². The number of aromatic nitrogens is 4. The first-order valence-electron chi connectivity index (χ1n) is 11.2. The van der Waals surface area contributed by atoms with Gasteiger partial charge >= 0.3 is 0 Å². The fraction of sp³-hybridized carbons (Fsp3) is 0.952. The minimum Gasteiger partial charge on any atom is -0.340 e. The van der Waals surface area contributed by atoms with E-state index in [0.717, 1.165) is 35.5 Å². The average Bonchev–Trinajstić information content (AvgIpc) is 2.96. The molecule has 0 aromatic carbocycles. The summed E-state index contributed by atoms with van der Waals surface area (Å²) in [6, 6.07) is 0. The van der Waals surface area contributed by atoms with Gasteiger partial charge in [-0.3, -0.25) is 0 Å². The third-order valence-corrected chi connectivity index (χ3v) is 9.45. The SMILES string of the molecule is N=c1[n-][n+](C23CC4CC(CC(C4)C2)C3)nn1C12CC3CC(CC(C3)C1)C2. The van der Waals surface area contributed by atoms with Crippen molar-refractivity contribution in [2.24, 2.45) is 35.5 Å². The molecule has 8 aliphatic carbocycles. The molecule has 5 heteroatoms. The molecular formula is C21H31N5. The van der Waals surface area contributed by atoms with E-state index < -0.39 is 0 Å². The third kappa shape index (κ3) is 1.85. The van der Waals surface area contributed by atoms with Crippen LogP contribution in [0.25, 0.3) is 0 Å². The zero-order chi connectivity index (χ0) is 17.1. The lowest BCUT2D eigenvalue weighted by Crippen LogP contribution is -2.68. The van der Waals surface area contributed by atoms with Crippen LogP contribution in [0.15, 0.2) is 0 Å². The van der Waals surface area contributed by atoms with Crippen LogP contribution in [0, 0.1) is 40.9 Å². The first kappa shape index (κ1) is 14.9. The lowest BCUT2D eigenvalue weighted by atomic mass is 9.53. The summed E-state index contributed by atoms with van der Waals surface area (Å²) in [5.74, 6) is 5.35. The Balaban J connectivity index is 1.30. The van der Waals surface area contributed by atoms with Crippen molar-refractivity contribution >= 4 is 0 Å². The smallest absolute Gasteiger partial charge is 0.253 e. The van der Waals surface area contributed by atoms with E-state index in [2.05, 4.69) is 9.48 Å². The van der Waals surface area contributed by atoms with Gasteiger partial charge in [0.25, 0.3) is 5.62 Å². The van der Waals surface area contributed by atoms with Crippen LogP contribution < -0.4 is 15.5 Å². The van der Waals surface area contributed by atoms with Gasteiger partial charge in [-0.1, -0.05) is 0 Å². The van der Waals surface area contributed by atoms with Crippen LogP contribution in [0.4, 0.5) is 0 Å². The predicted molar refractivity (Wildman–Crippen MR) is 93.9 cm³/mol. The van der Waals surface area contributed by atoms with Crippen LogP contribution in [0.3, 0.4) is 0 Å². The topological polar surface area (TPSA) is 59.7 Å². The number of hydrogen-bond donors (Lipinski definition) is 1. The highest BCUT2D eigenvalue weighted by Gasteiger charge is 2.58. The minimum absolute atomic E-state index is 0.131. The largest absolute Gasteiger partial charge is 0.340 e. The second kappa shape index (κ2) is 4.64. The molecule has 0 aliphatic heterocycles. The van der Waals surface area contributed by atoms with Gasteiger partial charge in [-0.15, -0.1) is 9.90 Å². The molecule has 0 radical (unpaired) electrons. The van der Waals surface area contributed by atoms with Crippen molar-refractivity contribution in [2.75, 3.05) is 0 Å². The van der Waals surface area contributed by atoms with Crippen LogP contribution in [-0.4, -0.2) is 9.90 Å². The molecule has 0 saturated heterocycles. The number of rotatable bonds is 2. The molecular weight excluding hydrogens is 322 g/mol. The van der Waals surface area contributed by atoms with Crippen molar-refractivity contribution in [3.8, 4) is 0 Å². The summed E-state index contributed by atoms with van der Waals surface area (Å²) in [4.78, 5) is 2.08. The number of nitrogens with zero attached hydrogens (tertiary/aromatic N) is 4. The standard InChI is InChI=1S/C21H31N5/c22-19-23-26(21-10-16-4-17(11-21)6-18(5-16)12-21)24-25(19)20-7-13-1-14(8-20)3-15(2-13)9-20/h13-18,22H,1-12H2. The molecule has 8 saturated carbocycles. The number of tetrazole rings is 1. The molecule has 5 nitrogen and oxygen atoms in total. The molecule has 1 heterocycles. The van der Waals surface area contributed by atoms with Gasteiger partial charge in [0.05, 0.1) is 0 Å². The van der Waals surface area contributed by atoms with E-state index in [9.17, 15) is 0 Å². The van der Waals surface area contributed by atoms with Crippen LogP contribution in [0.5, 0.6) is 0 Å². The Labute approximate surface area is 155 Å². The molecule has 9 rings (SSSR count). The second-order valence-electron chi connectivity index (χ2n) is 11.4. The molecule has 140 valence electrons. The molecule has 0 atom stereocenters. The Morgan fingerprint density at radius 1 is 0.769 bits per heavy atom. The van der Waals surface area contributed by atoms with E-state index in [-0.39, 0.29) is 11.1 Å². The third-order valence-electron chi connectivity index (χ3n) is 9.45.